The first-order chi connectivity index (χ1) is 15.5. The third-order valence-corrected chi connectivity index (χ3v) is 7.09. The Balaban J connectivity index is 1.37. The van der Waals surface area contributed by atoms with Crippen molar-refractivity contribution in [1.29, 1.82) is 0 Å². The lowest BCUT2D eigenvalue weighted by Crippen LogP contribution is -2.40. The lowest BCUT2D eigenvalue weighted by molar-refractivity contribution is 0.0941. The minimum absolute atomic E-state index is 0.0788. The van der Waals surface area contributed by atoms with E-state index in [1.54, 1.807) is 40.9 Å². The number of amides is 3. The number of hydrogen-bond acceptors (Lipinski definition) is 5. The number of hydrogen-bond donors (Lipinski definition) is 2. The third kappa shape index (κ3) is 4.91. The van der Waals surface area contributed by atoms with Gasteiger partial charge in [-0.2, -0.15) is 0 Å². The van der Waals surface area contributed by atoms with Gasteiger partial charge in [0.25, 0.3) is 5.91 Å². The zero-order valence-electron chi connectivity index (χ0n) is 19.0. The van der Waals surface area contributed by atoms with Gasteiger partial charge >= 0.3 is 6.03 Å². The molecule has 7 nitrogen and oxygen atoms in total. The zero-order valence-corrected chi connectivity index (χ0v) is 19.8. The highest BCUT2D eigenvalue weighted by Gasteiger charge is 2.26. The van der Waals surface area contributed by atoms with Gasteiger partial charge in [-0.1, -0.05) is 6.92 Å². The molecule has 1 aromatic heterocycles. The van der Waals surface area contributed by atoms with Crippen LogP contribution in [0.15, 0.2) is 35.4 Å². The van der Waals surface area contributed by atoms with Gasteiger partial charge in [0.2, 0.25) is 0 Å². The summed E-state index contributed by atoms with van der Waals surface area (Å²) >= 11 is 1.68. The van der Waals surface area contributed by atoms with Gasteiger partial charge in [-0.15, -0.1) is 11.8 Å². The fourth-order valence-corrected chi connectivity index (χ4v) is 5.61. The molecule has 32 heavy (non-hydrogen) atoms. The summed E-state index contributed by atoms with van der Waals surface area (Å²) < 4.78 is 0. The maximum absolute atomic E-state index is 13.0. The molecule has 0 radical (unpaired) electrons. The number of aromatic nitrogens is 1. The molecular weight excluding hydrogens is 422 g/mol. The normalized spacial score (nSPS) is 18.3. The van der Waals surface area contributed by atoms with Crippen molar-refractivity contribution in [2.75, 3.05) is 42.1 Å². The van der Waals surface area contributed by atoms with Gasteiger partial charge in [0, 0.05) is 41.8 Å². The van der Waals surface area contributed by atoms with E-state index in [0.29, 0.717) is 30.4 Å². The Morgan fingerprint density at radius 1 is 1.19 bits per heavy atom. The molecule has 1 saturated heterocycles. The Hall–Kier alpha value is -2.58. The first-order valence-corrected chi connectivity index (χ1v) is 12.3. The number of aryl methyl sites for hydroxylation is 2. The molecule has 2 N–H and O–H groups in total. The van der Waals surface area contributed by atoms with E-state index in [2.05, 4.69) is 27.4 Å². The van der Waals surface area contributed by atoms with Crippen LogP contribution in [-0.4, -0.2) is 59.8 Å². The van der Waals surface area contributed by atoms with Gasteiger partial charge in [-0.3, -0.25) is 14.6 Å². The Morgan fingerprint density at radius 2 is 1.97 bits per heavy atom. The van der Waals surface area contributed by atoms with Crippen LogP contribution in [0.5, 0.6) is 0 Å². The average molecular weight is 454 g/mol. The molecule has 0 saturated carbocycles. The number of anilines is 2. The van der Waals surface area contributed by atoms with Crippen LogP contribution in [0.25, 0.3) is 0 Å². The van der Waals surface area contributed by atoms with Crippen LogP contribution < -0.4 is 15.5 Å². The van der Waals surface area contributed by atoms with Crippen LogP contribution >= 0.6 is 11.8 Å². The lowest BCUT2D eigenvalue weighted by atomic mass is 10.1. The number of thioether (sulfide) groups is 1. The standard InChI is InChI=1S/C24H31N5O2S/c1-4-28-11-5-6-20(28)15-25-22(30)18-7-9-19(10-8-18)27-24(31)29-12-13-32-23-21(29)16(2)14-17(3)26-23/h7-10,14,20H,4-6,11-13,15H2,1-3H3,(H,25,30)(H,27,31)/t20-/m1/s1. The van der Waals surface area contributed by atoms with Gasteiger partial charge in [0.15, 0.2) is 0 Å². The summed E-state index contributed by atoms with van der Waals surface area (Å²) in [7, 11) is 0. The highest BCUT2D eigenvalue weighted by atomic mass is 32.2. The molecule has 1 atom stereocenters. The fourth-order valence-electron chi connectivity index (χ4n) is 4.52. The molecule has 8 heteroatoms. The van der Waals surface area contributed by atoms with Crippen LogP contribution in [0.4, 0.5) is 16.2 Å². The zero-order chi connectivity index (χ0) is 22.7. The second-order valence-electron chi connectivity index (χ2n) is 8.38. The van der Waals surface area contributed by atoms with Crippen molar-refractivity contribution in [1.82, 2.24) is 15.2 Å². The first kappa shape index (κ1) is 22.6. The summed E-state index contributed by atoms with van der Waals surface area (Å²) in [5, 5.41) is 6.92. The van der Waals surface area contributed by atoms with Gasteiger partial charge in [0.05, 0.1) is 5.69 Å². The number of likely N-dealkylation sites (N-methyl/N-ethyl adjacent to an activating group) is 1. The Morgan fingerprint density at radius 3 is 2.72 bits per heavy atom. The van der Waals surface area contributed by atoms with Crippen molar-refractivity contribution in [2.45, 2.75) is 44.7 Å². The molecule has 4 rings (SSSR count). The predicted molar refractivity (Wildman–Crippen MR) is 130 cm³/mol. The largest absolute Gasteiger partial charge is 0.350 e. The molecule has 2 aliphatic heterocycles. The summed E-state index contributed by atoms with van der Waals surface area (Å²) in [6.45, 7) is 9.57. The number of nitrogens with zero attached hydrogens (tertiary/aromatic N) is 3. The van der Waals surface area contributed by atoms with Crippen LogP contribution in [0.3, 0.4) is 0 Å². The Bertz CT molecular complexity index is 995. The number of pyridine rings is 1. The van der Waals surface area contributed by atoms with E-state index in [1.165, 1.54) is 6.42 Å². The number of fused-ring (bicyclic) bond motifs is 1. The maximum atomic E-state index is 13.0. The van der Waals surface area contributed by atoms with Crippen LogP contribution in [0.2, 0.25) is 0 Å². The number of benzene rings is 1. The molecule has 1 aromatic carbocycles. The molecule has 3 heterocycles. The Kier molecular flexibility index (Phi) is 7.01. The summed E-state index contributed by atoms with van der Waals surface area (Å²) in [6.07, 6.45) is 2.32. The maximum Gasteiger partial charge on any atom is 0.326 e. The predicted octanol–water partition coefficient (Wildman–Crippen LogP) is 4.06. The van der Waals surface area contributed by atoms with Crippen LogP contribution in [0.1, 0.15) is 41.4 Å². The number of nitrogens with one attached hydrogen (secondary N) is 2. The van der Waals surface area contributed by atoms with Crippen molar-refractivity contribution in [2.24, 2.45) is 0 Å². The molecule has 1 fully saturated rings. The van der Waals surface area contributed by atoms with Crippen LogP contribution in [-0.2, 0) is 0 Å². The molecule has 170 valence electrons. The van der Waals surface area contributed by atoms with E-state index < -0.39 is 0 Å². The number of likely N-dealkylation sites (tertiary alicyclic amines) is 1. The average Bonchev–Trinajstić information content (AvgIpc) is 3.25. The second kappa shape index (κ2) is 9.92. The summed E-state index contributed by atoms with van der Waals surface area (Å²) in [6, 6.07) is 9.32. The van der Waals surface area contributed by atoms with E-state index >= 15 is 0 Å². The van der Waals surface area contributed by atoms with Crippen molar-refractivity contribution in [3.05, 3.63) is 47.2 Å². The summed E-state index contributed by atoms with van der Waals surface area (Å²) in [5.74, 6) is 0.733. The second-order valence-corrected chi connectivity index (χ2v) is 9.46. The van der Waals surface area contributed by atoms with E-state index in [1.807, 2.05) is 19.9 Å². The van der Waals surface area contributed by atoms with Crippen molar-refractivity contribution in [3.8, 4) is 0 Å². The highest BCUT2D eigenvalue weighted by Crippen LogP contribution is 2.36. The summed E-state index contributed by atoms with van der Waals surface area (Å²) in [4.78, 5) is 34.3. The smallest absolute Gasteiger partial charge is 0.326 e. The molecule has 2 aromatic rings. The Labute approximate surface area is 194 Å². The SMILES string of the molecule is CCN1CCC[C@@H]1CNC(=O)c1ccc(NC(=O)N2CCSc3nc(C)cc(C)c32)cc1. The molecule has 0 spiro atoms. The molecule has 0 bridgehead atoms. The monoisotopic (exact) mass is 453 g/mol. The number of urea groups is 1. The molecule has 3 amide bonds. The highest BCUT2D eigenvalue weighted by molar-refractivity contribution is 7.99. The van der Waals surface area contributed by atoms with Gasteiger partial charge in [0.1, 0.15) is 5.03 Å². The molecular formula is C24H31N5O2S. The van der Waals surface area contributed by atoms with E-state index in [9.17, 15) is 9.59 Å². The molecule has 2 aliphatic rings. The quantitative estimate of drug-likeness (QED) is 0.714. The first-order valence-electron chi connectivity index (χ1n) is 11.3. The van der Waals surface area contributed by atoms with Crippen molar-refractivity contribution < 1.29 is 9.59 Å². The van der Waals surface area contributed by atoms with Crippen molar-refractivity contribution >= 4 is 35.1 Å². The van der Waals surface area contributed by atoms with E-state index in [-0.39, 0.29) is 11.9 Å². The van der Waals surface area contributed by atoms with Gasteiger partial charge in [-0.25, -0.2) is 9.78 Å². The third-order valence-electron chi connectivity index (χ3n) is 6.15. The number of rotatable bonds is 5. The molecule has 0 unspecified atom stereocenters. The minimum Gasteiger partial charge on any atom is -0.350 e. The van der Waals surface area contributed by atoms with E-state index in [4.69, 9.17) is 0 Å². The number of carbonyl (C=O) groups excluding carboxylic acids is 2. The van der Waals surface area contributed by atoms with E-state index in [0.717, 1.165) is 47.2 Å². The lowest BCUT2D eigenvalue weighted by Gasteiger charge is -2.30. The summed E-state index contributed by atoms with van der Waals surface area (Å²) in [5.41, 5.74) is 4.15. The van der Waals surface area contributed by atoms with Gasteiger partial charge < -0.3 is 10.6 Å². The molecule has 0 aliphatic carbocycles. The van der Waals surface area contributed by atoms with Gasteiger partial charge in [-0.05, 0) is 75.7 Å². The number of carbonyl (C=O) groups is 2. The van der Waals surface area contributed by atoms with Crippen LogP contribution in [0, 0.1) is 13.8 Å². The van der Waals surface area contributed by atoms with Crippen molar-refractivity contribution in [3.63, 3.8) is 0 Å². The minimum atomic E-state index is -0.182. The fraction of sp³-hybridized carbons (Fsp3) is 0.458. The topological polar surface area (TPSA) is 77.6 Å².